The van der Waals surface area contributed by atoms with Gasteiger partial charge in [0.2, 0.25) is 5.91 Å². The van der Waals surface area contributed by atoms with Crippen LogP contribution in [-0.2, 0) is 9.59 Å². The van der Waals surface area contributed by atoms with Gasteiger partial charge >= 0.3 is 5.97 Å². The summed E-state index contributed by atoms with van der Waals surface area (Å²) in [4.78, 5) is 22.6. The van der Waals surface area contributed by atoms with Crippen molar-refractivity contribution in [2.75, 3.05) is 11.9 Å². The minimum absolute atomic E-state index is 0.168. The van der Waals surface area contributed by atoms with Crippen molar-refractivity contribution in [3.05, 3.63) is 0 Å². The molecule has 19 heavy (non-hydrogen) atoms. The Morgan fingerprint density at radius 1 is 1.11 bits per heavy atom. The van der Waals surface area contributed by atoms with Crippen LogP contribution in [0.1, 0.15) is 51.4 Å². The van der Waals surface area contributed by atoms with E-state index in [9.17, 15) is 9.59 Å². The molecule has 0 aromatic carbocycles. The predicted octanol–water partition coefficient (Wildman–Crippen LogP) is 2.03. The van der Waals surface area contributed by atoms with Crippen LogP contribution in [0.5, 0.6) is 0 Å². The molecule has 0 aliphatic rings. The average Bonchev–Trinajstić information content (AvgIpc) is 2.37. The van der Waals surface area contributed by atoms with Crippen LogP contribution in [0.4, 0.5) is 0 Å². The van der Waals surface area contributed by atoms with Gasteiger partial charge in [-0.25, -0.2) is 4.79 Å². The summed E-state index contributed by atoms with van der Waals surface area (Å²) in [6.45, 7) is 0.549. The van der Waals surface area contributed by atoms with Gasteiger partial charge in [-0.15, -0.1) is 0 Å². The van der Waals surface area contributed by atoms with E-state index in [0.29, 0.717) is 19.4 Å². The molecule has 112 valence electrons. The van der Waals surface area contributed by atoms with Gasteiger partial charge in [-0.3, -0.25) is 4.79 Å². The number of rotatable bonds is 12. The highest BCUT2D eigenvalue weighted by Gasteiger charge is 2.18. The summed E-state index contributed by atoms with van der Waals surface area (Å²) in [5, 5.41) is 12.6. The fourth-order valence-electron chi connectivity index (χ4n) is 1.75. The number of carbonyl (C=O) groups excluding carboxylic acids is 1. The number of carbonyl (C=O) groups is 2. The highest BCUT2D eigenvalue weighted by molar-refractivity contribution is 9.09. The van der Waals surface area contributed by atoms with Gasteiger partial charge in [0.05, 0.1) is 0 Å². The SMILES string of the molecule is NCCCC[C@H](NC(=O)CCCCCCBr)C(=O)O. The second-order valence-electron chi connectivity index (χ2n) is 4.60. The molecule has 4 N–H and O–H groups in total. The van der Waals surface area contributed by atoms with E-state index in [1.54, 1.807) is 0 Å². The maximum absolute atomic E-state index is 11.6. The number of aliphatic carboxylic acids is 1. The molecule has 0 aromatic rings. The fourth-order valence-corrected chi connectivity index (χ4v) is 2.15. The molecule has 0 saturated carbocycles. The zero-order chi connectivity index (χ0) is 14.5. The lowest BCUT2D eigenvalue weighted by atomic mass is 10.1. The molecule has 0 heterocycles. The number of carboxylic acid groups (broad SMARTS) is 1. The highest BCUT2D eigenvalue weighted by atomic mass is 79.9. The van der Waals surface area contributed by atoms with Crippen LogP contribution < -0.4 is 11.1 Å². The third-order valence-corrected chi connectivity index (χ3v) is 3.43. The van der Waals surface area contributed by atoms with Gasteiger partial charge in [0.25, 0.3) is 0 Å². The molecule has 0 bridgehead atoms. The number of hydrogen-bond acceptors (Lipinski definition) is 3. The third kappa shape index (κ3) is 10.9. The van der Waals surface area contributed by atoms with Gasteiger partial charge in [-0.05, 0) is 38.6 Å². The third-order valence-electron chi connectivity index (χ3n) is 2.87. The van der Waals surface area contributed by atoms with Crippen molar-refractivity contribution in [2.24, 2.45) is 5.73 Å². The Balaban J connectivity index is 3.80. The molecule has 1 atom stereocenters. The summed E-state index contributed by atoms with van der Waals surface area (Å²) in [7, 11) is 0. The Bertz CT molecular complexity index is 262. The number of halogens is 1. The Hall–Kier alpha value is -0.620. The molecule has 6 heteroatoms. The van der Waals surface area contributed by atoms with E-state index >= 15 is 0 Å². The first-order chi connectivity index (χ1) is 9.11. The van der Waals surface area contributed by atoms with Crippen LogP contribution in [0.15, 0.2) is 0 Å². The molecule has 1 amide bonds. The van der Waals surface area contributed by atoms with Crippen LogP contribution in [0.3, 0.4) is 0 Å². The van der Waals surface area contributed by atoms with E-state index in [1.807, 2.05) is 0 Å². The van der Waals surface area contributed by atoms with E-state index in [1.165, 1.54) is 0 Å². The predicted molar refractivity (Wildman–Crippen MR) is 79.4 cm³/mol. The summed E-state index contributed by atoms with van der Waals surface area (Å²) in [6, 6.07) is -0.776. The van der Waals surface area contributed by atoms with Gasteiger partial charge in [0.15, 0.2) is 0 Å². The highest BCUT2D eigenvalue weighted by Crippen LogP contribution is 2.06. The van der Waals surface area contributed by atoms with Gasteiger partial charge in [0.1, 0.15) is 6.04 Å². The molecule has 0 unspecified atom stereocenters. The molecule has 0 fully saturated rings. The molecule has 0 aliphatic carbocycles. The van der Waals surface area contributed by atoms with E-state index in [0.717, 1.165) is 43.9 Å². The van der Waals surface area contributed by atoms with E-state index in [-0.39, 0.29) is 5.91 Å². The molecule has 0 rings (SSSR count). The smallest absolute Gasteiger partial charge is 0.326 e. The fraction of sp³-hybridized carbons (Fsp3) is 0.846. The van der Waals surface area contributed by atoms with Crippen LogP contribution >= 0.6 is 15.9 Å². The summed E-state index contributed by atoms with van der Waals surface area (Å²) < 4.78 is 0. The Kier molecular flexibility index (Phi) is 12.0. The van der Waals surface area contributed by atoms with Crippen LogP contribution in [-0.4, -0.2) is 34.9 Å². The van der Waals surface area contributed by atoms with Crippen molar-refractivity contribution in [2.45, 2.75) is 57.4 Å². The first kappa shape index (κ1) is 18.4. The van der Waals surface area contributed by atoms with Crippen molar-refractivity contribution in [1.82, 2.24) is 5.32 Å². The average molecular weight is 337 g/mol. The van der Waals surface area contributed by atoms with Crippen molar-refractivity contribution in [3.8, 4) is 0 Å². The minimum atomic E-state index is -0.968. The van der Waals surface area contributed by atoms with Crippen LogP contribution in [0, 0.1) is 0 Å². The monoisotopic (exact) mass is 336 g/mol. The summed E-state index contributed by atoms with van der Waals surface area (Å²) >= 11 is 3.36. The summed E-state index contributed by atoms with van der Waals surface area (Å²) in [5.41, 5.74) is 5.36. The molecule has 0 aromatic heterocycles. The minimum Gasteiger partial charge on any atom is -0.480 e. The molecular weight excluding hydrogens is 312 g/mol. The second kappa shape index (κ2) is 12.4. The maximum Gasteiger partial charge on any atom is 0.326 e. The van der Waals surface area contributed by atoms with Gasteiger partial charge in [0, 0.05) is 11.8 Å². The Labute approximate surface area is 123 Å². The molecule has 0 spiro atoms. The Morgan fingerprint density at radius 3 is 2.37 bits per heavy atom. The Morgan fingerprint density at radius 2 is 1.79 bits per heavy atom. The first-order valence-corrected chi connectivity index (χ1v) is 8.02. The first-order valence-electron chi connectivity index (χ1n) is 6.90. The lowest BCUT2D eigenvalue weighted by molar-refractivity contribution is -0.142. The van der Waals surface area contributed by atoms with Crippen molar-refractivity contribution >= 4 is 27.8 Å². The molecule has 5 nitrogen and oxygen atoms in total. The molecule has 0 aliphatic heterocycles. The topological polar surface area (TPSA) is 92.4 Å². The van der Waals surface area contributed by atoms with Gasteiger partial charge in [-0.1, -0.05) is 28.8 Å². The number of hydrogen-bond donors (Lipinski definition) is 3. The second-order valence-corrected chi connectivity index (χ2v) is 5.39. The van der Waals surface area contributed by atoms with Crippen LogP contribution in [0.25, 0.3) is 0 Å². The standard InChI is InChI=1S/C13H25BrN2O3/c14-9-5-2-1-3-8-12(17)16-11(13(18)19)7-4-6-10-15/h11H,1-10,15H2,(H,16,17)(H,18,19)/t11-/m0/s1. The lowest BCUT2D eigenvalue weighted by Crippen LogP contribution is -2.40. The number of nitrogens with one attached hydrogen (secondary N) is 1. The number of amides is 1. The number of unbranched alkanes of at least 4 members (excludes halogenated alkanes) is 4. The van der Waals surface area contributed by atoms with Crippen LogP contribution in [0.2, 0.25) is 0 Å². The zero-order valence-electron chi connectivity index (χ0n) is 11.4. The molecular formula is C13H25BrN2O3. The molecule has 0 radical (unpaired) electrons. The number of carboxylic acids is 1. The zero-order valence-corrected chi connectivity index (χ0v) is 13.0. The molecule has 0 saturated heterocycles. The summed E-state index contributed by atoms with van der Waals surface area (Å²) in [5.74, 6) is -1.14. The maximum atomic E-state index is 11.6. The van der Waals surface area contributed by atoms with Gasteiger partial charge < -0.3 is 16.2 Å². The normalized spacial score (nSPS) is 12.1. The number of alkyl halides is 1. The van der Waals surface area contributed by atoms with E-state index < -0.39 is 12.0 Å². The summed E-state index contributed by atoms with van der Waals surface area (Å²) in [6.07, 6.45) is 6.38. The van der Waals surface area contributed by atoms with Crippen molar-refractivity contribution < 1.29 is 14.7 Å². The largest absolute Gasteiger partial charge is 0.480 e. The van der Waals surface area contributed by atoms with Gasteiger partial charge in [-0.2, -0.15) is 0 Å². The van der Waals surface area contributed by atoms with E-state index in [2.05, 4.69) is 21.2 Å². The number of nitrogens with two attached hydrogens (primary N) is 1. The quantitative estimate of drug-likeness (QED) is 0.375. The van der Waals surface area contributed by atoms with Crippen molar-refractivity contribution in [1.29, 1.82) is 0 Å². The van der Waals surface area contributed by atoms with Crippen molar-refractivity contribution in [3.63, 3.8) is 0 Å². The lowest BCUT2D eigenvalue weighted by Gasteiger charge is -2.14. The van der Waals surface area contributed by atoms with E-state index in [4.69, 9.17) is 10.8 Å².